The minimum absolute atomic E-state index is 0.0358. The predicted molar refractivity (Wildman–Crippen MR) is 115 cm³/mol. The van der Waals surface area contributed by atoms with Crippen LogP contribution in [0.1, 0.15) is 41.6 Å². The number of piperidine rings is 1. The maximum atomic E-state index is 13.1. The third kappa shape index (κ3) is 4.78. The second-order valence-corrected chi connectivity index (χ2v) is 8.21. The molecule has 2 aliphatic rings. The number of hydrogen-bond donors (Lipinski definition) is 1. The van der Waals surface area contributed by atoms with Gasteiger partial charge in [0.1, 0.15) is 0 Å². The highest BCUT2D eigenvalue weighted by atomic mass is 16.2. The summed E-state index contributed by atoms with van der Waals surface area (Å²) in [5.41, 5.74) is 2.85. The van der Waals surface area contributed by atoms with Gasteiger partial charge in [0.25, 0.3) is 5.91 Å². The standard InChI is InChI=1S/C24H29N3O2/c1-26(17-18-7-3-2-4-8-18)24(29)21-9-5-6-10-22(21)27-15-13-20(14-16-27)25-23(28)19-11-12-19/h2-10,19-20H,11-17H2,1H3,(H,25,28). The van der Waals surface area contributed by atoms with Crippen molar-refractivity contribution in [3.63, 3.8) is 0 Å². The molecule has 1 N–H and O–H groups in total. The summed E-state index contributed by atoms with van der Waals surface area (Å²) in [7, 11) is 1.85. The van der Waals surface area contributed by atoms with Gasteiger partial charge < -0.3 is 15.1 Å². The van der Waals surface area contributed by atoms with Crippen molar-refractivity contribution in [3.05, 3.63) is 65.7 Å². The Kier molecular flexibility index (Phi) is 5.84. The summed E-state index contributed by atoms with van der Waals surface area (Å²) in [4.78, 5) is 29.2. The minimum atomic E-state index is 0.0358. The second kappa shape index (κ2) is 8.68. The zero-order valence-electron chi connectivity index (χ0n) is 17.0. The molecule has 0 spiro atoms. The Hall–Kier alpha value is -2.82. The van der Waals surface area contributed by atoms with Gasteiger partial charge in [-0.2, -0.15) is 0 Å². The summed E-state index contributed by atoms with van der Waals surface area (Å²) in [5.74, 6) is 0.515. The first-order valence-corrected chi connectivity index (χ1v) is 10.6. The van der Waals surface area contributed by atoms with Crippen LogP contribution in [-0.2, 0) is 11.3 Å². The third-order valence-electron chi connectivity index (χ3n) is 5.87. The molecule has 5 nitrogen and oxygen atoms in total. The van der Waals surface area contributed by atoms with E-state index in [0.29, 0.717) is 6.54 Å². The fraction of sp³-hybridized carbons (Fsp3) is 0.417. The molecule has 1 saturated heterocycles. The topological polar surface area (TPSA) is 52.7 Å². The first-order valence-electron chi connectivity index (χ1n) is 10.6. The van der Waals surface area contributed by atoms with Gasteiger partial charge in [-0.3, -0.25) is 9.59 Å². The van der Waals surface area contributed by atoms with Gasteiger partial charge in [-0.15, -0.1) is 0 Å². The number of carbonyl (C=O) groups excluding carboxylic acids is 2. The number of benzene rings is 2. The van der Waals surface area contributed by atoms with Crippen molar-refractivity contribution in [2.75, 3.05) is 25.0 Å². The fourth-order valence-corrected chi connectivity index (χ4v) is 3.99. The number of rotatable bonds is 6. The molecule has 2 amide bonds. The molecule has 5 heteroatoms. The Balaban J connectivity index is 1.40. The van der Waals surface area contributed by atoms with Crippen molar-refractivity contribution in [3.8, 4) is 0 Å². The maximum Gasteiger partial charge on any atom is 0.256 e. The highest BCUT2D eigenvalue weighted by molar-refractivity contribution is 5.99. The van der Waals surface area contributed by atoms with Crippen molar-refractivity contribution < 1.29 is 9.59 Å². The van der Waals surface area contributed by atoms with E-state index in [-0.39, 0.29) is 23.8 Å². The summed E-state index contributed by atoms with van der Waals surface area (Å²) < 4.78 is 0. The number of hydrogen-bond acceptors (Lipinski definition) is 3. The van der Waals surface area contributed by atoms with Gasteiger partial charge in [-0.1, -0.05) is 42.5 Å². The van der Waals surface area contributed by atoms with Crippen LogP contribution >= 0.6 is 0 Å². The first kappa shape index (κ1) is 19.5. The Morgan fingerprint density at radius 3 is 2.31 bits per heavy atom. The molecular weight excluding hydrogens is 362 g/mol. The van der Waals surface area contributed by atoms with E-state index >= 15 is 0 Å². The van der Waals surface area contributed by atoms with E-state index in [4.69, 9.17) is 0 Å². The Labute approximate surface area is 172 Å². The second-order valence-electron chi connectivity index (χ2n) is 8.21. The molecule has 0 unspecified atom stereocenters. The van der Waals surface area contributed by atoms with Crippen LogP contribution in [-0.4, -0.2) is 42.9 Å². The van der Waals surface area contributed by atoms with Crippen LogP contribution in [0, 0.1) is 5.92 Å². The molecular formula is C24H29N3O2. The number of anilines is 1. The van der Waals surface area contributed by atoms with Gasteiger partial charge in [0.05, 0.1) is 5.56 Å². The molecule has 0 aromatic heterocycles. The molecule has 1 aliphatic carbocycles. The van der Waals surface area contributed by atoms with E-state index in [1.165, 1.54) is 0 Å². The summed E-state index contributed by atoms with van der Waals surface area (Å²) in [6.07, 6.45) is 3.91. The molecule has 4 rings (SSSR count). The van der Waals surface area contributed by atoms with Crippen molar-refractivity contribution in [1.29, 1.82) is 0 Å². The van der Waals surface area contributed by atoms with E-state index in [1.807, 2.05) is 61.6 Å². The molecule has 29 heavy (non-hydrogen) atoms. The van der Waals surface area contributed by atoms with Crippen molar-refractivity contribution in [2.24, 2.45) is 5.92 Å². The van der Waals surface area contributed by atoms with Crippen LogP contribution in [0.5, 0.6) is 0 Å². The zero-order chi connectivity index (χ0) is 20.2. The Morgan fingerprint density at radius 1 is 0.966 bits per heavy atom. The van der Waals surface area contributed by atoms with E-state index in [0.717, 1.165) is 55.6 Å². The molecule has 1 saturated carbocycles. The lowest BCUT2D eigenvalue weighted by atomic mass is 10.0. The average molecular weight is 392 g/mol. The lowest BCUT2D eigenvalue weighted by Crippen LogP contribution is -2.45. The monoisotopic (exact) mass is 391 g/mol. The van der Waals surface area contributed by atoms with Crippen LogP contribution in [0.2, 0.25) is 0 Å². The molecule has 2 aromatic rings. The van der Waals surface area contributed by atoms with Gasteiger partial charge in [-0.25, -0.2) is 0 Å². The third-order valence-corrected chi connectivity index (χ3v) is 5.87. The predicted octanol–water partition coefficient (Wildman–Crippen LogP) is 3.45. The Bertz CT molecular complexity index is 855. The van der Waals surface area contributed by atoms with Gasteiger partial charge in [-0.05, 0) is 43.4 Å². The summed E-state index contributed by atoms with van der Waals surface area (Å²) in [6, 6.07) is 18.2. The normalized spacial score (nSPS) is 17.1. The molecule has 2 aromatic carbocycles. The summed E-state index contributed by atoms with van der Waals surface area (Å²) >= 11 is 0. The molecule has 1 heterocycles. The van der Waals surface area contributed by atoms with Gasteiger partial charge in [0.15, 0.2) is 0 Å². The van der Waals surface area contributed by atoms with Crippen molar-refractivity contribution in [1.82, 2.24) is 10.2 Å². The number of carbonyl (C=O) groups is 2. The Morgan fingerprint density at radius 2 is 1.62 bits per heavy atom. The van der Waals surface area contributed by atoms with Crippen LogP contribution in [0.15, 0.2) is 54.6 Å². The van der Waals surface area contributed by atoms with E-state index in [1.54, 1.807) is 4.90 Å². The quantitative estimate of drug-likeness (QED) is 0.821. The van der Waals surface area contributed by atoms with E-state index < -0.39 is 0 Å². The van der Waals surface area contributed by atoms with Crippen LogP contribution in [0.25, 0.3) is 0 Å². The number of amides is 2. The molecule has 152 valence electrons. The molecule has 0 bridgehead atoms. The highest BCUT2D eigenvalue weighted by Crippen LogP contribution is 2.30. The van der Waals surface area contributed by atoms with Gasteiger partial charge in [0, 0.05) is 44.3 Å². The SMILES string of the molecule is CN(Cc1ccccc1)C(=O)c1ccccc1N1CCC(NC(=O)C2CC2)CC1. The summed E-state index contributed by atoms with van der Waals surface area (Å²) in [5, 5.41) is 3.19. The molecule has 1 aliphatic heterocycles. The lowest BCUT2D eigenvalue weighted by molar-refractivity contribution is -0.123. The van der Waals surface area contributed by atoms with Gasteiger partial charge in [0.2, 0.25) is 5.91 Å². The highest BCUT2D eigenvalue weighted by Gasteiger charge is 2.32. The molecule has 0 atom stereocenters. The molecule has 0 radical (unpaired) electrons. The number of nitrogens with zero attached hydrogens (tertiary/aromatic N) is 2. The first-order chi connectivity index (χ1) is 14.1. The maximum absolute atomic E-state index is 13.1. The number of nitrogens with one attached hydrogen (secondary N) is 1. The van der Waals surface area contributed by atoms with Crippen LogP contribution < -0.4 is 10.2 Å². The fourth-order valence-electron chi connectivity index (χ4n) is 3.99. The van der Waals surface area contributed by atoms with E-state index in [9.17, 15) is 9.59 Å². The van der Waals surface area contributed by atoms with Crippen molar-refractivity contribution >= 4 is 17.5 Å². The van der Waals surface area contributed by atoms with Crippen LogP contribution in [0.4, 0.5) is 5.69 Å². The largest absolute Gasteiger partial charge is 0.371 e. The molecule has 2 fully saturated rings. The van der Waals surface area contributed by atoms with Gasteiger partial charge >= 0.3 is 0 Å². The zero-order valence-corrected chi connectivity index (χ0v) is 17.0. The smallest absolute Gasteiger partial charge is 0.256 e. The summed E-state index contributed by atoms with van der Waals surface area (Å²) in [6.45, 7) is 2.29. The van der Waals surface area contributed by atoms with Crippen molar-refractivity contribution in [2.45, 2.75) is 38.3 Å². The average Bonchev–Trinajstić information content (AvgIpc) is 3.60. The van der Waals surface area contributed by atoms with Crippen LogP contribution in [0.3, 0.4) is 0 Å². The number of para-hydroxylation sites is 1. The van der Waals surface area contributed by atoms with E-state index in [2.05, 4.69) is 10.2 Å². The minimum Gasteiger partial charge on any atom is -0.371 e. The lowest BCUT2D eigenvalue weighted by Gasteiger charge is -2.35.